The number of likely N-dealkylation sites (N-methyl/N-ethyl adjacent to an activating group) is 1. The Morgan fingerprint density at radius 2 is 1.35 bits per heavy atom. The van der Waals surface area contributed by atoms with Gasteiger partial charge in [0.1, 0.15) is 12.6 Å². The van der Waals surface area contributed by atoms with Crippen molar-refractivity contribution < 1.29 is 59.4 Å². The number of carbonyl (C=O) groups is 4. The van der Waals surface area contributed by atoms with Crippen LogP contribution >= 0.6 is 0 Å². The zero-order valence-corrected chi connectivity index (χ0v) is 16.1. The molecule has 12 nitrogen and oxygen atoms in total. The summed E-state index contributed by atoms with van der Waals surface area (Å²) in [5, 5.41) is 60.1. The zero-order valence-electron chi connectivity index (χ0n) is 14.7. The fourth-order valence-corrected chi connectivity index (χ4v) is 1.62. The van der Waals surface area contributed by atoms with Gasteiger partial charge < -0.3 is 40.2 Å². The molecule has 0 rings (SSSR count). The molecule has 0 saturated heterocycles. The summed E-state index contributed by atoms with van der Waals surface area (Å²) in [6.45, 7) is 0.465. The second-order valence-corrected chi connectivity index (χ2v) is 6.27. The normalized spacial score (nSPS) is 15.2. The van der Waals surface area contributed by atoms with Crippen LogP contribution in [0, 0.1) is 0 Å². The summed E-state index contributed by atoms with van der Waals surface area (Å²) in [4.78, 5) is 40.8. The monoisotopic (exact) mass is 394 g/mol. The molecule has 0 aliphatic rings. The molecule has 0 heterocycles. The van der Waals surface area contributed by atoms with E-state index in [4.69, 9.17) is 35.7 Å². The first-order valence-corrected chi connectivity index (χ1v) is 6.81. The van der Waals surface area contributed by atoms with Crippen molar-refractivity contribution in [1.82, 2.24) is 0 Å². The molecule has 0 aliphatic carbocycles. The number of carboxylic acids is 4. The smallest absolute Gasteiger partial charge is 0.481 e. The molecule has 0 radical (unpaired) electrons. The number of aliphatic hydroxyl groups excluding tert-OH is 2. The van der Waals surface area contributed by atoms with Crippen molar-refractivity contribution in [3.05, 3.63) is 0 Å². The van der Waals surface area contributed by atoms with E-state index in [-0.39, 0.29) is 29.5 Å². The van der Waals surface area contributed by atoms with E-state index < -0.39 is 48.1 Å². The van der Waals surface area contributed by atoms with E-state index in [9.17, 15) is 19.2 Å². The molecule has 0 aromatic carbocycles. The third-order valence-corrected chi connectivity index (χ3v) is 2.65. The average Bonchev–Trinajstić information content (AvgIpc) is 2.33. The van der Waals surface area contributed by atoms with Crippen LogP contribution < -0.4 is 0 Å². The number of carboxylic acid groups (broad SMARTS) is 4. The summed E-state index contributed by atoms with van der Waals surface area (Å²) in [6, 6.07) is 0. The summed E-state index contributed by atoms with van der Waals surface area (Å²) >= 11 is 0. The van der Waals surface area contributed by atoms with Crippen molar-refractivity contribution in [2.45, 2.75) is 30.7 Å². The van der Waals surface area contributed by atoms with Crippen LogP contribution in [0.1, 0.15) is 12.8 Å². The summed E-state index contributed by atoms with van der Waals surface area (Å²) in [6.07, 6.45) is -5.02. The Morgan fingerprint density at radius 1 is 0.923 bits per heavy atom. The van der Waals surface area contributed by atoms with Gasteiger partial charge in [0.15, 0.2) is 6.10 Å². The van der Waals surface area contributed by atoms with E-state index >= 15 is 0 Å². The fraction of sp³-hybridized carbons (Fsp3) is 0.692. The molecule has 0 saturated carbocycles. The molecule has 26 heavy (non-hydrogen) atoms. The van der Waals surface area contributed by atoms with Crippen LogP contribution in [0.25, 0.3) is 0 Å². The molecule has 7 N–H and O–H groups in total. The zero-order chi connectivity index (χ0) is 20.6. The molecule has 0 aliphatic heterocycles. The maximum Gasteiger partial charge on any atom is 2.00 e. The van der Waals surface area contributed by atoms with Crippen LogP contribution in [0.3, 0.4) is 0 Å². The summed E-state index contributed by atoms with van der Waals surface area (Å²) in [5.74, 6) is -6.83. The van der Waals surface area contributed by atoms with Gasteiger partial charge in [-0.05, 0) is 0 Å². The Hall–Kier alpha value is -1.51. The molecule has 3 atom stereocenters. The minimum absolute atomic E-state index is 0. The summed E-state index contributed by atoms with van der Waals surface area (Å²) in [7, 11) is 5.72. The average molecular weight is 395 g/mol. The molecular weight excluding hydrogens is 370 g/mol. The third kappa shape index (κ3) is 12.8. The maximum atomic E-state index is 10.4. The molecule has 146 valence electrons. The van der Waals surface area contributed by atoms with Crippen molar-refractivity contribution in [3.8, 4) is 0 Å². The topological polar surface area (TPSA) is 210 Å². The molecular formula is C13H24MgNO11+3. The minimum Gasteiger partial charge on any atom is -0.481 e. The number of hydrogen-bond acceptors (Lipinski definition) is 7. The number of aliphatic carboxylic acids is 4. The van der Waals surface area contributed by atoms with Crippen molar-refractivity contribution in [2.24, 2.45) is 0 Å². The number of rotatable bonds is 9. The Bertz CT molecular complexity index is 505. The Kier molecular flexibility index (Phi) is 13.5. The van der Waals surface area contributed by atoms with Gasteiger partial charge in [0.25, 0.3) is 0 Å². The van der Waals surface area contributed by atoms with Crippen LogP contribution in [0.15, 0.2) is 0 Å². The van der Waals surface area contributed by atoms with Gasteiger partial charge in [-0.15, -0.1) is 0 Å². The van der Waals surface area contributed by atoms with Gasteiger partial charge in [0.2, 0.25) is 5.60 Å². The van der Waals surface area contributed by atoms with E-state index in [2.05, 4.69) is 0 Å². The van der Waals surface area contributed by atoms with Crippen LogP contribution in [-0.2, 0) is 19.2 Å². The number of quaternary nitrogens is 1. The molecule has 0 aromatic rings. The summed E-state index contributed by atoms with van der Waals surface area (Å²) in [5.41, 5.74) is -3.22. The van der Waals surface area contributed by atoms with Crippen molar-refractivity contribution in [2.75, 3.05) is 27.7 Å². The second-order valence-electron chi connectivity index (χ2n) is 6.27. The first-order chi connectivity index (χ1) is 11.0. The van der Waals surface area contributed by atoms with E-state index in [1.165, 1.54) is 0 Å². The van der Waals surface area contributed by atoms with Gasteiger partial charge in [-0.25, -0.2) is 9.59 Å². The first-order valence-electron chi connectivity index (χ1n) is 6.81. The predicted octanol–water partition coefficient (Wildman–Crippen LogP) is -3.13. The van der Waals surface area contributed by atoms with Crippen LogP contribution in [0.4, 0.5) is 0 Å². The van der Waals surface area contributed by atoms with Crippen molar-refractivity contribution >= 4 is 46.9 Å². The van der Waals surface area contributed by atoms with Gasteiger partial charge in [-0.3, -0.25) is 9.59 Å². The predicted molar refractivity (Wildman–Crippen MR) is 85.4 cm³/mol. The molecule has 0 aromatic heterocycles. The summed E-state index contributed by atoms with van der Waals surface area (Å²) < 4.78 is 0.578. The quantitative estimate of drug-likeness (QED) is 0.153. The van der Waals surface area contributed by atoms with Crippen LogP contribution in [0.2, 0.25) is 0 Å². The van der Waals surface area contributed by atoms with E-state index in [0.29, 0.717) is 11.0 Å². The number of aliphatic hydroxyl groups is 3. The third-order valence-electron chi connectivity index (χ3n) is 2.65. The Labute approximate surface area is 165 Å². The molecule has 13 heteroatoms. The fourth-order valence-electron chi connectivity index (χ4n) is 1.62. The van der Waals surface area contributed by atoms with Crippen LogP contribution in [0.5, 0.6) is 0 Å². The van der Waals surface area contributed by atoms with E-state index in [1.807, 2.05) is 21.1 Å². The van der Waals surface area contributed by atoms with Gasteiger partial charge >= 0.3 is 46.9 Å². The second kappa shape index (κ2) is 12.0. The van der Waals surface area contributed by atoms with Gasteiger partial charge in [0, 0.05) is 0 Å². The molecule has 0 amide bonds. The Morgan fingerprint density at radius 3 is 1.58 bits per heavy atom. The maximum absolute atomic E-state index is 10.4. The van der Waals surface area contributed by atoms with Crippen LogP contribution in [-0.4, -0.2) is 133 Å². The number of hydrogen-bond donors (Lipinski definition) is 7. The minimum atomic E-state index is -3.22. The van der Waals surface area contributed by atoms with E-state index in [1.54, 1.807) is 0 Å². The first kappa shape index (κ1) is 29.3. The SMILES string of the molecule is C[N+](C)(C)CC(O)CC(=O)O.O=C(O)CC(O)(C(=O)O)C(O)C(=O)O.[Mg+2]. The Balaban J connectivity index is -0.000000402. The van der Waals surface area contributed by atoms with Crippen molar-refractivity contribution in [1.29, 1.82) is 0 Å². The van der Waals surface area contributed by atoms with Gasteiger partial charge in [-0.1, -0.05) is 0 Å². The molecule has 0 bridgehead atoms. The molecule has 0 spiro atoms. The van der Waals surface area contributed by atoms with Crippen molar-refractivity contribution in [3.63, 3.8) is 0 Å². The van der Waals surface area contributed by atoms with E-state index in [0.717, 1.165) is 0 Å². The molecule has 0 fully saturated rings. The van der Waals surface area contributed by atoms with Gasteiger partial charge in [-0.2, -0.15) is 0 Å². The van der Waals surface area contributed by atoms with Gasteiger partial charge in [0.05, 0.1) is 34.0 Å². The largest absolute Gasteiger partial charge is 2.00 e. The standard InChI is InChI=1S/C7H15NO3.C6H8O8.Mg/c1-8(2,3)5-6(9)4-7(10)11;7-2(8)1-6(14,5(12)13)3(9)4(10)11;/h6,9H,4-5H2,1-3H3;3,9,14H,1H2,(H,7,8)(H,10,11)(H,12,13);/q;;+2/p+1. The number of nitrogens with zero attached hydrogens (tertiary/aromatic N) is 1. The molecule has 3 unspecified atom stereocenters.